The van der Waals surface area contributed by atoms with Crippen molar-refractivity contribution in [1.29, 1.82) is 0 Å². The van der Waals surface area contributed by atoms with Gasteiger partial charge in [0.25, 0.3) is 10.0 Å². The molecule has 0 aliphatic heterocycles. The van der Waals surface area contributed by atoms with Crippen LogP contribution < -0.4 is 14.4 Å². The van der Waals surface area contributed by atoms with Gasteiger partial charge >= 0.3 is 0 Å². The molecular weight excluding hydrogens is 717 g/mol. The number of nitrogens with zero attached hydrogens (tertiary/aromatic N) is 2. The minimum Gasteiger partial charge on any atom is -0.457 e. The number of nitrogens with one attached hydrogen (secondary N) is 1. The Balaban J connectivity index is 1.58. The molecule has 0 aliphatic rings. The van der Waals surface area contributed by atoms with E-state index in [0.29, 0.717) is 22.1 Å². The van der Waals surface area contributed by atoms with E-state index in [1.54, 1.807) is 54.6 Å². The number of aryl methyl sites for hydroxylation is 1. The number of benzene rings is 5. The predicted octanol–water partition coefficient (Wildman–Crippen LogP) is 8.84. The van der Waals surface area contributed by atoms with Gasteiger partial charge in [-0.2, -0.15) is 0 Å². The summed E-state index contributed by atoms with van der Waals surface area (Å²) < 4.78 is 35.8. The van der Waals surface area contributed by atoms with Gasteiger partial charge in [-0.05, 0) is 99.5 Å². The second kappa shape index (κ2) is 16.7. The summed E-state index contributed by atoms with van der Waals surface area (Å²) >= 11 is 12.6. The summed E-state index contributed by atoms with van der Waals surface area (Å²) in [4.78, 5) is 30.3. The van der Waals surface area contributed by atoms with Gasteiger partial charge in [-0.1, -0.05) is 95.5 Å². The zero-order valence-corrected chi connectivity index (χ0v) is 31.8. The molecule has 2 amide bonds. The van der Waals surface area contributed by atoms with Crippen LogP contribution in [0.1, 0.15) is 37.5 Å². The molecule has 1 unspecified atom stereocenters. The molecule has 270 valence electrons. The van der Waals surface area contributed by atoms with Crippen molar-refractivity contribution in [2.75, 3.05) is 10.8 Å². The average Bonchev–Trinajstić information content (AvgIpc) is 3.11. The largest absolute Gasteiger partial charge is 0.457 e. The fourth-order valence-electron chi connectivity index (χ4n) is 5.51. The average molecular weight is 759 g/mol. The Bertz CT molecular complexity index is 2090. The van der Waals surface area contributed by atoms with Gasteiger partial charge in [0.05, 0.1) is 20.6 Å². The van der Waals surface area contributed by atoms with Gasteiger partial charge in [-0.15, -0.1) is 0 Å². The molecule has 11 heteroatoms. The monoisotopic (exact) mass is 757 g/mol. The van der Waals surface area contributed by atoms with E-state index in [4.69, 9.17) is 27.9 Å². The number of rotatable bonds is 13. The molecule has 1 atom stereocenters. The molecule has 0 bridgehead atoms. The van der Waals surface area contributed by atoms with Crippen molar-refractivity contribution < 1.29 is 22.7 Å². The number of carbonyl (C=O) groups is 2. The molecule has 5 aromatic rings. The van der Waals surface area contributed by atoms with Crippen molar-refractivity contribution in [3.8, 4) is 11.5 Å². The zero-order chi connectivity index (χ0) is 37.5. The Morgan fingerprint density at radius 2 is 1.35 bits per heavy atom. The summed E-state index contributed by atoms with van der Waals surface area (Å²) in [7, 11) is -4.28. The van der Waals surface area contributed by atoms with Crippen LogP contribution in [-0.2, 0) is 32.6 Å². The number of hydrogen-bond acceptors (Lipinski definition) is 5. The molecule has 0 saturated carbocycles. The third kappa shape index (κ3) is 10.2. The maximum atomic E-state index is 14.8. The van der Waals surface area contributed by atoms with Gasteiger partial charge in [-0.25, -0.2) is 8.42 Å². The second-order valence-electron chi connectivity index (χ2n) is 13.4. The number of hydrogen-bond donors (Lipinski definition) is 1. The lowest BCUT2D eigenvalue weighted by Crippen LogP contribution is -2.56. The highest BCUT2D eigenvalue weighted by Gasteiger charge is 2.35. The zero-order valence-electron chi connectivity index (χ0n) is 29.4. The first kappa shape index (κ1) is 38.4. The lowest BCUT2D eigenvalue weighted by molar-refractivity contribution is -0.140. The van der Waals surface area contributed by atoms with E-state index < -0.39 is 34.1 Å². The van der Waals surface area contributed by atoms with Crippen molar-refractivity contribution in [3.63, 3.8) is 0 Å². The Labute approximate surface area is 316 Å². The van der Waals surface area contributed by atoms with Crippen LogP contribution in [-0.4, -0.2) is 43.3 Å². The Morgan fingerprint density at radius 3 is 1.94 bits per heavy atom. The van der Waals surface area contributed by atoms with Crippen LogP contribution >= 0.6 is 23.2 Å². The summed E-state index contributed by atoms with van der Waals surface area (Å²) in [6.45, 7) is 6.78. The lowest BCUT2D eigenvalue weighted by atomic mass is 10.0. The maximum absolute atomic E-state index is 14.8. The van der Waals surface area contributed by atoms with Crippen LogP contribution in [0.5, 0.6) is 11.5 Å². The minimum absolute atomic E-state index is 0.0119. The van der Waals surface area contributed by atoms with E-state index in [0.717, 1.165) is 15.4 Å². The summed E-state index contributed by atoms with van der Waals surface area (Å²) in [6, 6.07) is 35.4. The number of ether oxygens (including phenoxy) is 1. The van der Waals surface area contributed by atoms with Gasteiger partial charge in [-0.3, -0.25) is 13.9 Å². The van der Waals surface area contributed by atoms with E-state index in [2.05, 4.69) is 5.32 Å². The van der Waals surface area contributed by atoms with Crippen LogP contribution in [0.15, 0.2) is 132 Å². The first-order valence-electron chi connectivity index (χ1n) is 16.7. The van der Waals surface area contributed by atoms with Gasteiger partial charge in [0.2, 0.25) is 11.8 Å². The molecule has 0 aromatic heterocycles. The molecule has 0 radical (unpaired) electrons. The molecule has 5 aromatic carbocycles. The van der Waals surface area contributed by atoms with Crippen LogP contribution in [0, 0.1) is 6.92 Å². The van der Waals surface area contributed by atoms with E-state index in [-0.39, 0.29) is 34.5 Å². The third-order valence-electron chi connectivity index (χ3n) is 8.10. The number of halogens is 2. The minimum atomic E-state index is -4.28. The molecule has 0 heterocycles. The molecular formula is C41H41Cl2N3O5S. The first-order valence-corrected chi connectivity index (χ1v) is 18.9. The van der Waals surface area contributed by atoms with Gasteiger partial charge < -0.3 is 15.0 Å². The summed E-state index contributed by atoms with van der Waals surface area (Å²) in [5, 5.41) is 3.65. The fourth-order valence-corrected chi connectivity index (χ4v) is 7.25. The third-order valence-corrected chi connectivity index (χ3v) is 10.6. The molecule has 0 aliphatic carbocycles. The molecule has 0 fully saturated rings. The van der Waals surface area contributed by atoms with Crippen LogP contribution in [0.25, 0.3) is 0 Å². The number of amides is 2. The molecule has 1 N–H and O–H groups in total. The highest BCUT2D eigenvalue weighted by molar-refractivity contribution is 7.92. The summed E-state index contributed by atoms with van der Waals surface area (Å²) in [6.07, 6.45) is 0.173. The number of sulfonamides is 1. The van der Waals surface area contributed by atoms with E-state index in [1.807, 2.05) is 88.4 Å². The highest BCUT2D eigenvalue weighted by atomic mass is 35.5. The van der Waals surface area contributed by atoms with Crippen molar-refractivity contribution in [3.05, 3.63) is 154 Å². The number of carbonyl (C=O) groups excluding carboxylic acids is 2. The van der Waals surface area contributed by atoms with E-state index in [9.17, 15) is 18.0 Å². The summed E-state index contributed by atoms with van der Waals surface area (Å²) in [5.41, 5.74) is 1.93. The Morgan fingerprint density at radius 1 is 0.750 bits per heavy atom. The predicted molar refractivity (Wildman–Crippen MR) is 208 cm³/mol. The van der Waals surface area contributed by atoms with Crippen LogP contribution in [0.4, 0.5) is 5.69 Å². The molecule has 52 heavy (non-hydrogen) atoms. The number of para-hydroxylation sites is 1. The van der Waals surface area contributed by atoms with Crippen molar-refractivity contribution in [2.45, 2.75) is 57.1 Å². The quantitative estimate of drug-likeness (QED) is 0.130. The van der Waals surface area contributed by atoms with Crippen LogP contribution in [0.3, 0.4) is 0 Å². The van der Waals surface area contributed by atoms with E-state index >= 15 is 0 Å². The normalized spacial score (nSPS) is 12.1. The van der Waals surface area contributed by atoms with Gasteiger partial charge in [0.1, 0.15) is 24.1 Å². The topological polar surface area (TPSA) is 96.0 Å². The Kier molecular flexibility index (Phi) is 12.3. The van der Waals surface area contributed by atoms with E-state index in [1.165, 1.54) is 17.0 Å². The highest BCUT2D eigenvalue weighted by Crippen LogP contribution is 2.30. The van der Waals surface area contributed by atoms with Crippen molar-refractivity contribution in [2.24, 2.45) is 0 Å². The molecule has 8 nitrogen and oxygen atoms in total. The maximum Gasteiger partial charge on any atom is 0.264 e. The van der Waals surface area contributed by atoms with Crippen LogP contribution in [0.2, 0.25) is 10.0 Å². The second-order valence-corrected chi connectivity index (χ2v) is 16.1. The summed E-state index contributed by atoms with van der Waals surface area (Å²) in [5.74, 6) is 0.110. The fraction of sp³-hybridized carbons (Fsp3) is 0.220. The lowest BCUT2D eigenvalue weighted by Gasteiger charge is -2.35. The Hall–Kier alpha value is -4.83. The standard InChI is InChI=1S/C41H41Cl2N3O5S/c1-29-15-22-35(23-16-29)52(49,50)46(32-18-20-34(21-19-32)51-33-13-9-6-10-14-33)28-39(47)45(27-31-17-24-36(42)37(43)25-31)38(40(48)44-41(2,3)4)26-30-11-7-5-8-12-30/h5-25,38H,26-28H2,1-4H3,(H,44,48). The first-order chi connectivity index (χ1) is 24.7. The van der Waals surface area contributed by atoms with Gasteiger partial charge in [0.15, 0.2) is 0 Å². The SMILES string of the molecule is Cc1ccc(S(=O)(=O)N(CC(=O)N(Cc2ccc(Cl)c(Cl)c2)C(Cc2ccccc2)C(=O)NC(C)(C)C)c2ccc(Oc3ccccc3)cc2)cc1. The van der Waals surface area contributed by atoms with Gasteiger partial charge in [0, 0.05) is 18.5 Å². The molecule has 0 spiro atoms. The molecule has 5 rings (SSSR count). The van der Waals surface area contributed by atoms with Crippen molar-refractivity contribution >= 4 is 50.7 Å². The van der Waals surface area contributed by atoms with Crippen molar-refractivity contribution in [1.82, 2.24) is 10.2 Å². The smallest absolute Gasteiger partial charge is 0.264 e. The molecule has 0 saturated heterocycles. The number of anilines is 1.